The summed E-state index contributed by atoms with van der Waals surface area (Å²) in [6.07, 6.45) is -0.123. The van der Waals surface area contributed by atoms with Crippen LogP contribution in [0.5, 0.6) is 0 Å². The first-order chi connectivity index (χ1) is 8.32. The van der Waals surface area contributed by atoms with Gasteiger partial charge in [-0.2, -0.15) is 0 Å². The fourth-order valence-corrected chi connectivity index (χ4v) is 1.61. The van der Waals surface area contributed by atoms with Gasteiger partial charge in [-0.25, -0.2) is 0 Å². The summed E-state index contributed by atoms with van der Waals surface area (Å²) >= 11 is 0. The highest BCUT2D eigenvalue weighted by atomic mass is 16.6. The summed E-state index contributed by atoms with van der Waals surface area (Å²) in [5.41, 5.74) is 11.7. The average Bonchev–Trinajstić information content (AvgIpc) is 2.26. The van der Waals surface area contributed by atoms with Crippen LogP contribution in [0.25, 0.3) is 0 Å². The molecule has 0 aliphatic carbocycles. The minimum Gasteiger partial charge on any atom is -0.377 e. The molecule has 18 heavy (non-hydrogen) atoms. The minimum absolute atomic E-state index is 0.102. The van der Waals surface area contributed by atoms with Crippen LogP contribution in [0.3, 0.4) is 0 Å². The Hall–Kier alpha value is -2.15. The molecule has 1 amide bonds. The largest absolute Gasteiger partial charge is 0.377 e. The zero-order valence-corrected chi connectivity index (χ0v) is 10.3. The molecule has 0 aliphatic rings. The number of nitrogens with two attached hydrogens (primary N) is 2. The maximum absolute atomic E-state index is 11.0. The number of amides is 1. The number of primary amides is 1. The minimum atomic E-state index is -0.765. The summed E-state index contributed by atoms with van der Waals surface area (Å²) in [7, 11) is 3.56. The molecule has 0 bridgehead atoms. The van der Waals surface area contributed by atoms with Crippen molar-refractivity contribution in [2.75, 3.05) is 19.0 Å². The van der Waals surface area contributed by atoms with Gasteiger partial charge in [0.1, 0.15) is 0 Å². The summed E-state index contributed by atoms with van der Waals surface area (Å²) in [5.74, 6) is -0.589. The van der Waals surface area contributed by atoms with Crippen molar-refractivity contribution < 1.29 is 9.72 Å². The van der Waals surface area contributed by atoms with Crippen molar-refractivity contribution in [3.63, 3.8) is 0 Å². The molecule has 0 radical (unpaired) electrons. The average molecular weight is 252 g/mol. The van der Waals surface area contributed by atoms with Gasteiger partial charge < -0.3 is 16.4 Å². The number of hydrogen-bond acceptors (Lipinski definition) is 5. The summed E-state index contributed by atoms with van der Waals surface area (Å²) in [6, 6.07) is 3.93. The Balaban J connectivity index is 3.19. The second kappa shape index (κ2) is 5.46. The maximum Gasteiger partial charge on any atom is 0.276 e. The Morgan fingerprint density at radius 2 is 2.11 bits per heavy atom. The predicted molar refractivity (Wildman–Crippen MR) is 68.2 cm³/mol. The van der Waals surface area contributed by atoms with Gasteiger partial charge in [0.2, 0.25) is 5.91 Å². The van der Waals surface area contributed by atoms with Crippen molar-refractivity contribution in [2.24, 2.45) is 11.5 Å². The lowest BCUT2D eigenvalue weighted by molar-refractivity contribution is -0.385. The van der Waals surface area contributed by atoms with Gasteiger partial charge in [0.05, 0.1) is 4.92 Å². The Labute approximate surface area is 105 Å². The van der Waals surface area contributed by atoms with Crippen LogP contribution in [-0.2, 0) is 4.79 Å². The van der Waals surface area contributed by atoms with E-state index in [9.17, 15) is 14.9 Å². The normalized spacial score (nSPS) is 11.9. The topological polar surface area (TPSA) is 115 Å². The van der Waals surface area contributed by atoms with Crippen LogP contribution >= 0.6 is 0 Å². The van der Waals surface area contributed by atoms with Crippen molar-refractivity contribution in [1.29, 1.82) is 0 Å². The number of carbonyl (C=O) groups is 1. The lowest BCUT2D eigenvalue weighted by Gasteiger charge is -2.15. The third-order valence-electron chi connectivity index (χ3n) is 2.55. The molecule has 4 N–H and O–H groups in total. The standard InChI is InChI=1S/C11H16N4O3/c1-14(2)7-3-4-8(9(12)6-11(13)16)10(5-7)15(17)18/h3-5,9H,6,12H2,1-2H3,(H2,13,16). The number of nitrogens with zero attached hydrogens (tertiary/aromatic N) is 2. The summed E-state index contributed by atoms with van der Waals surface area (Å²) in [5, 5.41) is 11.0. The Morgan fingerprint density at radius 1 is 1.50 bits per heavy atom. The Morgan fingerprint density at radius 3 is 2.56 bits per heavy atom. The lowest BCUT2D eigenvalue weighted by atomic mass is 10.0. The van der Waals surface area contributed by atoms with E-state index >= 15 is 0 Å². The molecular formula is C11H16N4O3. The van der Waals surface area contributed by atoms with Gasteiger partial charge in [0.15, 0.2) is 0 Å². The van der Waals surface area contributed by atoms with Gasteiger partial charge >= 0.3 is 0 Å². The molecule has 0 heterocycles. The van der Waals surface area contributed by atoms with E-state index in [1.165, 1.54) is 6.07 Å². The number of nitro benzene ring substituents is 1. The third-order valence-corrected chi connectivity index (χ3v) is 2.55. The van der Waals surface area contributed by atoms with Gasteiger partial charge in [-0.15, -0.1) is 0 Å². The number of rotatable bonds is 5. The summed E-state index contributed by atoms with van der Waals surface area (Å²) in [4.78, 5) is 23.0. The van der Waals surface area contributed by atoms with Crippen LogP contribution in [0.4, 0.5) is 11.4 Å². The van der Waals surface area contributed by atoms with Gasteiger partial charge in [-0.1, -0.05) is 0 Å². The molecule has 7 heteroatoms. The molecular weight excluding hydrogens is 236 g/mol. The molecule has 0 aromatic heterocycles. The van der Waals surface area contributed by atoms with Crippen LogP contribution in [0.2, 0.25) is 0 Å². The zero-order valence-electron chi connectivity index (χ0n) is 10.3. The predicted octanol–water partition coefficient (Wildman–Crippen LogP) is 0.536. The molecule has 7 nitrogen and oxygen atoms in total. The molecule has 98 valence electrons. The first-order valence-electron chi connectivity index (χ1n) is 5.32. The molecule has 1 aromatic rings. The first-order valence-corrected chi connectivity index (χ1v) is 5.32. The Kier molecular flexibility index (Phi) is 4.22. The van der Waals surface area contributed by atoms with E-state index < -0.39 is 16.9 Å². The number of anilines is 1. The molecule has 0 saturated carbocycles. The van der Waals surface area contributed by atoms with E-state index in [0.29, 0.717) is 11.3 Å². The molecule has 1 rings (SSSR count). The highest BCUT2D eigenvalue weighted by molar-refractivity contribution is 5.75. The van der Waals surface area contributed by atoms with E-state index in [4.69, 9.17) is 11.5 Å². The second-order valence-corrected chi connectivity index (χ2v) is 4.17. The van der Waals surface area contributed by atoms with E-state index in [1.807, 2.05) is 0 Å². The van der Waals surface area contributed by atoms with Gasteiger partial charge in [-0.3, -0.25) is 14.9 Å². The van der Waals surface area contributed by atoms with Crippen molar-refractivity contribution in [1.82, 2.24) is 0 Å². The Bertz CT molecular complexity index is 473. The molecule has 0 saturated heterocycles. The summed E-state index contributed by atoms with van der Waals surface area (Å²) in [6.45, 7) is 0. The van der Waals surface area contributed by atoms with Crippen molar-refractivity contribution in [3.05, 3.63) is 33.9 Å². The fourth-order valence-electron chi connectivity index (χ4n) is 1.61. The molecule has 1 atom stereocenters. The molecule has 0 aliphatic heterocycles. The second-order valence-electron chi connectivity index (χ2n) is 4.17. The summed E-state index contributed by atoms with van der Waals surface area (Å²) < 4.78 is 0. The number of benzene rings is 1. The van der Waals surface area contributed by atoms with Crippen LogP contribution in [-0.4, -0.2) is 24.9 Å². The van der Waals surface area contributed by atoms with Crippen LogP contribution in [0.15, 0.2) is 18.2 Å². The number of nitro groups is 1. The van der Waals surface area contributed by atoms with Crippen LogP contribution in [0.1, 0.15) is 18.0 Å². The number of carbonyl (C=O) groups excluding carboxylic acids is 1. The number of hydrogen-bond donors (Lipinski definition) is 2. The highest BCUT2D eigenvalue weighted by Crippen LogP contribution is 2.29. The lowest BCUT2D eigenvalue weighted by Crippen LogP contribution is -2.21. The smallest absolute Gasteiger partial charge is 0.276 e. The first kappa shape index (κ1) is 13.9. The van der Waals surface area contributed by atoms with E-state index in [0.717, 1.165) is 0 Å². The van der Waals surface area contributed by atoms with Crippen molar-refractivity contribution >= 4 is 17.3 Å². The quantitative estimate of drug-likeness (QED) is 0.586. The van der Waals surface area contributed by atoms with E-state index in [2.05, 4.69) is 0 Å². The van der Waals surface area contributed by atoms with Crippen molar-refractivity contribution in [3.8, 4) is 0 Å². The van der Waals surface area contributed by atoms with Gasteiger partial charge in [0.25, 0.3) is 5.69 Å². The van der Waals surface area contributed by atoms with Gasteiger partial charge in [-0.05, 0) is 12.1 Å². The van der Waals surface area contributed by atoms with Crippen LogP contribution < -0.4 is 16.4 Å². The maximum atomic E-state index is 11.0. The molecule has 1 aromatic carbocycles. The molecule has 0 fully saturated rings. The SMILES string of the molecule is CN(C)c1ccc(C(N)CC(N)=O)c([N+](=O)[O-])c1. The zero-order chi connectivity index (χ0) is 13.9. The monoisotopic (exact) mass is 252 g/mol. The molecule has 0 spiro atoms. The van der Waals surface area contributed by atoms with E-state index in [1.54, 1.807) is 31.1 Å². The van der Waals surface area contributed by atoms with E-state index in [-0.39, 0.29) is 12.1 Å². The fraction of sp³-hybridized carbons (Fsp3) is 0.364. The van der Waals surface area contributed by atoms with Crippen LogP contribution in [0, 0.1) is 10.1 Å². The highest BCUT2D eigenvalue weighted by Gasteiger charge is 2.21. The van der Waals surface area contributed by atoms with Crippen molar-refractivity contribution in [2.45, 2.75) is 12.5 Å². The van der Waals surface area contributed by atoms with Gasteiger partial charge in [0, 0.05) is 43.9 Å². The molecule has 1 unspecified atom stereocenters. The third kappa shape index (κ3) is 3.17.